The molecule has 18 heavy (non-hydrogen) atoms. The third kappa shape index (κ3) is 4.47. The average Bonchev–Trinajstić information content (AvgIpc) is 2.40. The molecule has 0 radical (unpaired) electrons. The van der Waals surface area contributed by atoms with Crippen LogP contribution in [0.4, 0.5) is 0 Å². The summed E-state index contributed by atoms with van der Waals surface area (Å²) in [6.45, 7) is 4.76. The molecule has 0 spiro atoms. The maximum absolute atomic E-state index is 11.6. The summed E-state index contributed by atoms with van der Waals surface area (Å²) in [6, 6.07) is 7.37. The van der Waals surface area contributed by atoms with Gasteiger partial charge in [-0.3, -0.25) is 4.79 Å². The molecule has 0 saturated carbocycles. The van der Waals surface area contributed by atoms with E-state index < -0.39 is 0 Å². The first-order chi connectivity index (χ1) is 8.71. The van der Waals surface area contributed by atoms with E-state index in [1.807, 2.05) is 31.2 Å². The number of carbonyl (C=O) groups excluding carboxylic acids is 1. The molecular weight excluding hydrogens is 230 g/mol. The van der Waals surface area contributed by atoms with E-state index in [4.69, 9.17) is 9.84 Å². The zero-order valence-corrected chi connectivity index (χ0v) is 11.0. The van der Waals surface area contributed by atoms with Gasteiger partial charge in [-0.15, -0.1) is 0 Å². The molecule has 100 valence electrons. The van der Waals surface area contributed by atoms with Crippen LogP contribution in [0.5, 0.6) is 0 Å². The predicted molar refractivity (Wildman–Crippen MR) is 69.9 cm³/mol. The molecule has 0 amide bonds. The van der Waals surface area contributed by atoms with Crippen molar-refractivity contribution in [1.82, 2.24) is 5.32 Å². The molecule has 0 aliphatic heterocycles. The van der Waals surface area contributed by atoms with Gasteiger partial charge in [0.15, 0.2) is 0 Å². The third-order valence-electron chi connectivity index (χ3n) is 2.71. The smallest absolute Gasteiger partial charge is 0.323 e. The Labute approximate surface area is 108 Å². The van der Waals surface area contributed by atoms with E-state index in [0.717, 1.165) is 11.1 Å². The quantitative estimate of drug-likeness (QED) is 0.723. The van der Waals surface area contributed by atoms with Crippen LogP contribution in [0.1, 0.15) is 31.4 Å². The summed E-state index contributed by atoms with van der Waals surface area (Å²) < 4.78 is 4.99. The molecule has 4 heteroatoms. The Balaban J connectivity index is 2.53. The number of rotatable bonds is 7. The second-order valence-electron chi connectivity index (χ2n) is 4.07. The van der Waals surface area contributed by atoms with Crippen molar-refractivity contribution in [3.8, 4) is 0 Å². The summed E-state index contributed by atoms with van der Waals surface area (Å²) in [6.07, 6.45) is 0.693. The van der Waals surface area contributed by atoms with Gasteiger partial charge < -0.3 is 15.2 Å². The molecule has 0 saturated heterocycles. The minimum atomic E-state index is -0.275. The van der Waals surface area contributed by atoms with Crippen LogP contribution in [0.3, 0.4) is 0 Å². The lowest BCUT2D eigenvalue weighted by Gasteiger charge is -2.15. The van der Waals surface area contributed by atoms with Gasteiger partial charge in [-0.05, 0) is 24.5 Å². The Morgan fingerprint density at radius 3 is 2.72 bits per heavy atom. The lowest BCUT2D eigenvalue weighted by atomic mass is 10.1. The van der Waals surface area contributed by atoms with Gasteiger partial charge in [0.2, 0.25) is 0 Å². The van der Waals surface area contributed by atoms with Crippen molar-refractivity contribution in [2.24, 2.45) is 0 Å². The zero-order chi connectivity index (χ0) is 13.4. The zero-order valence-electron chi connectivity index (χ0n) is 11.0. The standard InChI is InChI=1S/C14H21NO3/c1-3-13(14(17)18-4-2)15-9-11-6-5-7-12(8-11)10-16/h5-8,13,15-16H,3-4,9-10H2,1-2H3. The Bertz CT molecular complexity index is 379. The Kier molecular flexibility index (Phi) is 6.39. The van der Waals surface area contributed by atoms with E-state index in [1.165, 1.54) is 0 Å². The summed E-state index contributed by atoms with van der Waals surface area (Å²) in [4.78, 5) is 11.6. The number of nitrogens with one attached hydrogen (secondary N) is 1. The number of carbonyl (C=O) groups is 1. The van der Waals surface area contributed by atoms with Crippen LogP contribution >= 0.6 is 0 Å². The van der Waals surface area contributed by atoms with Gasteiger partial charge in [-0.1, -0.05) is 31.2 Å². The van der Waals surface area contributed by atoms with Gasteiger partial charge in [-0.25, -0.2) is 0 Å². The molecule has 1 atom stereocenters. The molecule has 0 bridgehead atoms. The highest BCUT2D eigenvalue weighted by molar-refractivity contribution is 5.75. The lowest BCUT2D eigenvalue weighted by Crippen LogP contribution is -2.37. The van der Waals surface area contributed by atoms with Crippen molar-refractivity contribution in [2.75, 3.05) is 6.61 Å². The minimum Gasteiger partial charge on any atom is -0.465 e. The number of esters is 1. The van der Waals surface area contributed by atoms with Crippen LogP contribution in [0.15, 0.2) is 24.3 Å². The van der Waals surface area contributed by atoms with Gasteiger partial charge in [-0.2, -0.15) is 0 Å². The maximum Gasteiger partial charge on any atom is 0.323 e. The van der Waals surface area contributed by atoms with Gasteiger partial charge in [0.1, 0.15) is 6.04 Å². The number of aliphatic hydroxyl groups is 1. The molecular formula is C14H21NO3. The maximum atomic E-state index is 11.6. The summed E-state index contributed by atoms with van der Waals surface area (Å²) in [5.41, 5.74) is 1.92. The monoisotopic (exact) mass is 251 g/mol. The summed E-state index contributed by atoms with van der Waals surface area (Å²) in [5, 5.41) is 12.2. The van der Waals surface area contributed by atoms with Gasteiger partial charge in [0.05, 0.1) is 13.2 Å². The van der Waals surface area contributed by atoms with Gasteiger partial charge in [0.25, 0.3) is 0 Å². The second-order valence-corrected chi connectivity index (χ2v) is 4.07. The molecule has 1 aromatic rings. The van der Waals surface area contributed by atoms with Gasteiger partial charge >= 0.3 is 5.97 Å². The van der Waals surface area contributed by atoms with E-state index in [2.05, 4.69) is 5.32 Å². The SMILES string of the molecule is CCOC(=O)C(CC)NCc1cccc(CO)c1. The molecule has 2 N–H and O–H groups in total. The van der Waals surface area contributed by atoms with Crippen LogP contribution < -0.4 is 5.32 Å². The molecule has 0 aliphatic rings. The lowest BCUT2D eigenvalue weighted by molar-refractivity contribution is -0.145. The first-order valence-corrected chi connectivity index (χ1v) is 6.29. The number of hydrogen-bond donors (Lipinski definition) is 2. The van der Waals surface area contributed by atoms with E-state index in [1.54, 1.807) is 6.92 Å². The van der Waals surface area contributed by atoms with Crippen LogP contribution in [-0.4, -0.2) is 23.7 Å². The number of hydrogen-bond acceptors (Lipinski definition) is 4. The fourth-order valence-electron chi connectivity index (χ4n) is 1.72. The van der Waals surface area contributed by atoms with Crippen molar-refractivity contribution < 1.29 is 14.6 Å². The van der Waals surface area contributed by atoms with E-state index in [9.17, 15) is 4.79 Å². The normalized spacial score (nSPS) is 12.2. The van der Waals surface area contributed by atoms with E-state index in [0.29, 0.717) is 19.6 Å². The highest BCUT2D eigenvalue weighted by Crippen LogP contribution is 2.06. The molecule has 1 rings (SSSR count). The Hall–Kier alpha value is -1.39. The average molecular weight is 251 g/mol. The molecule has 0 aromatic heterocycles. The largest absolute Gasteiger partial charge is 0.465 e. The fraction of sp³-hybridized carbons (Fsp3) is 0.500. The molecule has 0 aliphatic carbocycles. The third-order valence-corrected chi connectivity index (χ3v) is 2.71. The molecule has 0 heterocycles. The predicted octanol–water partition coefficient (Wildman–Crippen LogP) is 1.61. The van der Waals surface area contributed by atoms with Gasteiger partial charge in [0, 0.05) is 6.54 Å². The highest BCUT2D eigenvalue weighted by atomic mass is 16.5. The molecule has 1 unspecified atom stereocenters. The Morgan fingerprint density at radius 1 is 1.39 bits per heavy atom. The van der Waals surface area contributed by atoms with E-state index >= 15 is 0 Å². The second kappa shape index (κ2) is 7.84. The molecule has 0 fully saturated rings. The molecule has 1 aromatic carbocycles. The van der Waals surface area contributed by atoms with Crippen molar-refractivity contribution in [3.05, 3.63) is 35.4 Å². The summed E-state index contributed by atoms with van der Waals surface area (Å²) in [7, 11) is 0. The number of benzene rings is 1. The van der Waals surface area contributed by atoms with Crippen LogP contribution in [0.25, 0.3) is 0 Å². The van der Waals surface area contributed by atoms with Crippen molar-refractivity contribution in [2.45, 2.75) is 39.5 Å². The topological polar surface area (TPSA) is 58.6 Å². The number of ether oxygens (including phenoxy) is 1. The number of aliphatic hydroxyl groups excluding tert-OH is 1. The summed E-state index contributed by atoms with van der Waals surface area (Å²) in [5.74, 6) is -0.210. The summed E-state index contributed by atoms with van der Waals surface area (Å²) >= 11 is 0. The fourth-order valence-corrected chi connectivity index (χ4v) is 1.72. The first kappa shape index (κ1) is 14.7. The minimum absolute atomic E-state index is 0.0307. The van der Waals surface area contributed by atoms with Crippen LogP contribution in [0, 0.1) is 0 Å². The first-order valence-electron chi connectivity index (χ1n) is 6.29. The Morgan fingerprint density at radius 2 is 2.11 bits per heavy atom. The van der Waals surface area contributed by atoms with E-state index in [-0.39, 0.29) is 18.6 Å². The highest BCUT2D eigenvalue weighted by Gasteiger charge is 2.16. The van der Waals surface area contributed by atoms with Crippen LogP contribution in [-0.2, 0) is 22.7 Å². The van der Waals surface area contributed by atoms with Crippen LogP contribution in [0.2, 0.25) is 0 Å². The molecule has 4 nitrogen and oxygen atoms in total. The van der Waals surface area contributed by atoms with Crippen molar-refractivity contribution in [1.29, 1.82) is 0 Å². The van der Waals surface area contributed by atoms with Crippen molar-refractivity contribution in [3.63, 3.8) is 0 Å². The van der Waals surface area contributed by atoms with Crippen molar-refractivity contribution >= 4 is 5.97 Å².